The first-order valence-corrected chi connectivity index (χ1v) is 12.4. The van der Waals surface area contributed by atoms with Gasteiger partial charge in [0.05, 0.1) is 24.0 Å². The number of hydrogen-bond donors (Lipinski definition) is 1. The standard InChI is InChI=1S/C26H29N7O4/c1-16-12-17(6-9-27-16)20-4-5-21-23(29-20)33(18-8-11-32(21)13-18)25(34)31-22-7-10-28-24(30-22)35-14-19-15-36-26(2,3)37-19/h4-7,9-10,12,18-19H,8,11,13-15H2,1-3H3,(H,28,30,31,34)/t18-,19+/m0/s1. The second-order valence-corrected chi connectivity index (χ2v) is 9.90. The highest BCUT2D eigenvalue weighted by molar-refractivity contribution is 6.04. The molecule has 6 heterocycles. The summed E-state index contributed by atoms with van der Waals surface area (Å²) in [5, 5.41) is 2.92. The first-order chi connectivity index (χ1) is 17.8. The molecular formula is C26H29N7O4. The molecule has 0 aliphatic carbocycles. The van der Waals surface area contributed by atoms with Crippen molar-refractivity contribution >= 4 is 23.4 Å². The summed E-state index contributed by atoms with van der Waals surface area (Å²) >= 11 is 0. The molecule has 11 heteroatoms. The number of pyridine rings is 2. The lowest BCUT2D eigenvalue weighted by atomic mass is 10.1. The van der Waals surface area contributed by atoms with E-state index in [9.17, 15) is 4.79 Å². The molecule has 0 unspecified atom stereocenters. The summed E-state index contributed by atoms with van der Waals surface area (Å²) < 4.78 is 17.0. The molecular weight excluding hydrogens is 474 g/mol. The highest BCUT2D eigenvalue weighted by Crippen LogP contribution is 2.40. The number of aromatic nitrogens is 4. The van der Waals surface area contributed by atoms with Crippen LogP contribution in [0.25, 0.3) is 11.3 Å². The van der Waals surface area contributed by atoms with E-state index in [-0.39, 0.29) is 30.8 Å². The van der Waals surface area contributed by atoms with Crippen LogP contribution >= 0.6 is 0 Å². The van der Waals surface area contributed by atoms with Crippen LogP contribution in [0, 0.1) is 6.92 Å². The molecule has 11 nitrogen and oxygen atoms in total. The molecule has 2 saturated heterocycles. The second-order valence-electron chi connectivity index (χ2n) is 9.90. The summed E-state index contributed by atoms with van der Waals surface area (Å²) in [5.74, 6) is 0.363. The predicted octanol–water partition coefficient (Wildman–Crippen LogP) is 3.40. The SMILES string of the molecule is Cc1cc(-c2ccc3c(n2)N(C(=O)Nc2ccnc(OC[C@@H]4COC(C)(C)O4)n2)[C@H]2CCN3C2)ccn1. The molecule has 6 rings (SSSR count). The Balaban J connectivity index is 1.21. The molecule has 3 aliphatic heterocycles. The van der Waals surface area contributed by atoms with Crippen LogP contribution in [0.15, 0.2) is 42.7 Å². The molecule has 2 bridgehead atoms. The van der Waals surface area contributed by atoms with Crippen molar-refractivity contribution in [3.8, 4) is 17.3 Å². The highest BCUT2D eigenvalue weighted by Gasteiger charge is 2.40. The van der Waals surface area contributed by atoms with Gasteiger partial charge in [0.15, 0.2) is 11.6 Å². The van der Waals surface area contributed by atoms with E-state index < -0.39 is 5.79 Å². The Morgan fingerprint density at radius 2 is 2.05 bits per heavy atom. The van der Waals surface area contributed by atoms with Crippen molar-refractivity contribution in [1.29, 1.82) is 0 Å². The monoisotopic (exact) mass is 503 g/mol. The Morgan fingerprint density at radius 1 is 1.19 bits per heavy atom. The molecule has 3 aliphatic rings. The Hall–Kier alpha value is -3.83. The summed E-state index contributed by atoms with van der Waals surface area (Å²) in [6.45, 7) is 8.00. The summed E-state index contributed by atoms with van der Waals surface area (Å²) in [6, 6.07) is 9.48. The van der Waals surface area contributed by atoms with Crippen molar-refractivity contribution in [1.82, 2.24) is 19.9 Å². The molecule has 2 fully saturated rings. The minimum absolute atomic E-state index is 0.0230. The maximum absolute atomic E-state index is 13.6. The first-order valence-electron chi connectivity index (χ1n) is 12.4. The van der Waals surface area contributed by atoms with Crippen molar-refractivity contribution in [2.75, 3.05) is 41.4 Å². The van der Waals surface area contributed by atoms with Gasteiger partial charge in [-0.15, -0.1) is 0 Å². The molecule has 0 aromatic carbocycles. The fourth-order valence-corrected chi connectivity index (χ4v) is 5.00. The van der Waals surface area contributed by atoms with Gasteiger partial charge in [-0.3, -0.25) is 15.2 Å². The third kappa shape index (κ3) is 4.79. The number of ether oxygens (including phenoxy) is 3. The number of aryl methyl sites for hydroxylation is 1. The fraction of sp³-hybridized carbons (Fsp3) is 0.423. The zero-order valence-corrected chi connectivity index (χ0v) is 21.0. The average molecular weight is 504 g/mol. The number of hydrogen-bond acceptors (Lipinski definition) is 9. The van der Waals surface area contributed by atoms with E-state index >= 15 is 0 Å². The number of carbonyl (C=O) groups excluding carboxylic acids is 1. The number of carbonyl (C=O) groups is 1. The van der Waals surface area contributed by atoms with Gasteiger partial charge in [0.2, 0.25) is 0 Å². The molecule has 2 atom stereocenters. The maximum Gasteiger partial charge on any atom is 0.329 e. The summed E-state index contributed by atoms with van der Waals surface area (Å²) in [4.78, 5) is 35.4. The van der Waals surface area contributed by atoms with E-state index in [2.05, 4.69) is 25.2 Å². The minimum atomic E-state index is -0.630. The number of anilines is 3. The van der Waals surface area contributed by atoms with E-state index in [1.807, 2.05) is 45.0 Å². The zero-order valence-electron chi connectivity index (χ0n) is 21.0. The van der Waals surface area contributed by atoms with E-state index in [1.54, 1.807) is 23.4 Å². The fourth-order valence-electron chi connectivity index (χ4n) is 5.00. The zero-order chi connectivity index (χ0) is 25.6. The summed E-state index contributed by atoms with van der Waals surface area (Å²) in [6.07, 6.45) is 3.98. The van der Waals surface area contributed by atoms with Gasteiger partial charge in [-0.1, -0.05) is 0 Å². The van der Waals surface area contributed by atoms with E-state index in [4.69, 9.17) is 19.2 Å². The normalized spacial score (nSPS) is 21.6. The number of amides is 2. The van der Waals surface area contributed by atoms with Gasteiger partial charge in [0.25, 0.3) is 0 Å². The number of rotatable bonds is 5. The van der Waals surface area contributed by atoms with Crippen LogP contribution in [0.4, 0.5) is 22.1 Å². The molecule has 0 saturated carbocycles. The van der Waals surface area contributed by atoms with Crippen LogP contribution in [-0.4, -0.2) is 70.2 Å². The molecule has 0 spiro atoms. The first kappa shape index (κ1) is 23.6. The molecule has 0 radical (unpaired) electrons. The third-order valence-corrected chi connectivity index (χ3v) is 6.70. The van der Waals surface area contributed by atoms with E-state index in [0.717, 1.165) is 42.1 Å². The van der Waals surface area contributed by atoms with Gasteiger partial charge in [-0.2, -0.15) is 4.98 Å². The molecule has 3 aromatic rings. The van der Waals surface area contributed by atoms with Gasteiger partial charge >= 0.3 is 12.0 Å². The minimum Gasteiger partial charge on any atom is -0.461 e. The maximum atomic E-state index is 13.6. The van der Waals surface area contributed by atoms with Crippen LogP contribution < -0.4 is 19.9 Å². The van der Waals surface area contributed by atoms with Gasteiger partial charge in [0, 0.05) is 36.7 Å². The Kier molecular flexibility index (Phi) is 5.88. The molecule has 37 heavy (non-hydrogen) atoms. The number of urea groups is 1. The molecule has 3 aromatic heterocycles. The van der Waals surface area contributed by atoms with Gasteiger partial charge in [-0.05, 0) is 57.5 Å². The van der Waals surface area contributed by atoms with Gasteiger partial charge in [0.1, 0.15) is 18.5 Å². The Labute approximate surface area is 214 Å². The van der Waals surface area contributed by atoms with Gasteiger partial charge < -0.3 is 19.1 Å². The van der Waals surface area contributed by atoms with Gasteiger partial charge in [-0.25, -0.2) is 14.8 Å². The topological polar surface area (TPSA) is 115 Å². The van der Waals surface area contributed by atoms with E-state index in [1.165, 1.54) is 0 Å². The third-order valence-electron chi connectivity index (χ3n) is 6.70. The Morgan fingerprint density at radius 3 is 2.86 bits per heavy atom. The van der Waals surface area contributed by atoms with Crippen LogP contribution in [0.1, 0.15) is 26.0 Å². The van der Waals surface area contributed by atoms with E-state index in [0.29, 0.717) is 18.2 Å². The van der Waals surface area contributed by atoms with Crippen molar-refractivity contribution in [3.63, 3.8) is 0 Å². The number of fused-ring (bicyclic) bond motifs is 4. The van der Waals surface area contributed by atoms with Crippen molar-refractivity contribution < 1.29 is 19.0 Å². The largest absolute Gasteiger partial charge is 0.461 e. The predicted molar refractivity (Wildman–Crippen MR) is 137 cm³/mol. The van der Waals surface area contributed by atoms with Crippen LogP contribution in [0.3, 0.4) is 0 Å². The highest BCUT2D eigenvalue weighted by atomic mass is 16.7. The number of nitrogens with one attached hydrogen (secondary N) is 1. The lowest BCUT2D eigenvalue weighted by Crippen LogP contribution is -2.48. The summed E-state index contributed by atoms with van der Waals surface area (Å²) in [5.41, 5.74) is 3.62. The van der Waals surface area contributed by atoms with Crippen molar-refractivity contribution in [2.24, 2.45) is 0 Å². The quantitative estimate of drug-likeness (QED) is 0.559. The molecule has 2 amide bonds. The second kappa shape index (κ2) is 9.24. The van der Waals surface area contributed by atoms with Crippen LogP contribution in [0.5, 0.6) is 6.01 Å². The van der Waals surface area contributed by atoms with Crippen molar-refractivity contribution in [3.05, 3.63) is 48.4 Å². The summed E-state index contributed by atoms with van der Waals surface area (Å²) in [7, 11) is 0. The van der Waals surface area contributed by atoms with Crippen LogP contribution in [-0.2, 0) is 9.47 Å². The average Bonchev–Trinajstić information content (AvgIpc) is 3.46. The van der Waals surface area contributed by atoms with Crippen molar-refractivity contribution in [2.45, 2.75) is 45.1 Å². The smallest absolute Gasteiger partial charge is 0.329 e. The lowest BCUT2D eigenvalue weighted by molar-refractivity contribution is -0.141. The lowest BCUT2D eigenvalue weighted by Gasteiger charge is -2.35. The number of nitrogens with zero attached hydrogens (tertiary/aromatic N) is 6. The molecule has 1 N–H and O–H groups in total. The van der Waals surface area contributed by atoms with Crippen LogP contribution in [0.2, 0.25) is 0 Å². The Bertz CT molecular complexity index is 1330. The molecule has 192 valence electrons.